The van der Waals surface area contributed by atoms with Crippen LogP contribution < -0.4 is 5.32 Å². The summed E-state index contributed by atoms with van der Waals surface area (Å²) in [6.45, 7) is 4.77. The summed E-state index contributed by atoms with van der Waals surface area (Å²) >= 11 is 1.76. The van der Waals surface area contributed by atoms with E-state index in [0.29, 0.717) is 5.56 Å². The number of nitrogens with one attached hydrogen (secondary N) is 1. The number of thiophene rings is 1. The van der Waals surface area contributed by atoms with Crippen LogP contribution in [0, 0.1) is 13.8 Å². The predicted octanol–water partition coefficient (Wildman–Crippen LogP) is 3.68. The first-order valence-electron chi connectivity index (χ1n) is 5.69. The van der Waals surface area contributed by atoms with Crippen molar-refractivity contribution in [2.75, 3.05) is 5.32 Å². The number of carboxylic acid groups (broad SMARTS) is 1. The Bertz CT molecular complexity index is 575. The smallest absolute Gasteiger partial charge is 0.335 e. The van der Waals surface area contributed by atoms with Crippen molar-refractivity contribution in [3.63, 3.8) is 0 Å². The van der Waals surface area contributed by atoms with Crippen molar-refractivity contribution in [2.45, 2.75) is 20.4 Å². The van der Waals surface area contributed by atoms with E-state index >= 15 is 0 Å². The summed E-state index contributed by atoms with van der Waals surface area (Å²) in [7, 11) is 0. The van der Waals surface area contributed by atoms with E-state index in [1.54, 1.807) is 23.5 Å². The van der Waals surface area contributed by atoms with E-state index in [0.717, 1.165) is 17.8 Å². The van der Waals surface area contributed by atoms with Gasteiger partial charge in [0.15, 0.2) is 0 Å². The van der Waals surface area contributed by atoms with Crippen molar-refractivity contribution in [1.82, 2.24) is 0 Å². The Morgan fingerprint density at radius 1 is 1.28 bits per heavy atom. The Labute approximate surface area is 110 Å². The minimum absolute atomic E-state index is 0.324. The third-order valence-corrected chi connectivity index (χ3v) is 3.72. The van der Waals surface area contributed by atoms with Crippen LogP contribution in [-0.4, -0.2) is 11.1 Å². The van der Waals surface area contributed by atoms with Crippen LogP contribution in [0.15, 0.2) is 30.3 Å². The molecule has 0 aliphatic rings. The number of hydrogen-bond donors (Lipinski definition) is 2. The fraction of sp³-hybridized carbons (Fsp3) is 0.214. The number of rotatable bonds is 4. The molecule has 2 aromatic rings. The highest BCUT2D eigenvalue weighted by Gasteiger charge is 2.05. The molecule has 2 N–H and O–H groups in total. The zero-order valence-electron chi connectivity index (χ0n) is 10.4. The van der Waals surface area contributed by atoms with Crippen LogP contribution in [-0.2, 0) is 6.54 Å². The zero-order chi connectivity index (χ0) is 13.1. The molecule has 0 radical (unpaired) electrons. The number of anilines is 1. The largest absolute Gasteiger partial charge is 0.478 e. The van der Waals surface area contributed by atoms with E-state index in [2.05, 4.69) is 24.4 Å². The Hall–Kier alpha value is -1.81. The quantitative estimate of drug-likeness (QED) is 0.882. The number of aryl methyl sites for hydroxylation is 2. The number of hydrogen-bond acceptors (Lipinski definition) is 3. The highest BCUT2D eigenvalue weighted by atomic mass is 32.1. The maximum Gasteiger partial charge on any atom is 0.335 e. The molecule has 0 saturated carbocycles. The van der Waals surface area contributed by atoms with Gasteiger partial charge in [0.1, 0.15) is 0 Å². The van der Waals surface area contributed by atoms with Crippen molar-refractivity contribution < 1.29 is 9.90 Å². The highest BCUT2D eigenvalue weighted by molar-refractivity contribution is 7.11. The minimum Gasteiger partial charge on any atom is -0.478 e. The molecule has 3 nitrogen and oxygen atoms in total. The molecule has 0 atom stereocenters. The average molecular weight is 261 g/mol. The third kappa shape index (κ3) is 2.90. The molecule has 0 unspecified atom stereocenters. The minimum atomic E-state index is -0.890. The number of benzene rings is 1. The van der Waals surface area contributed by atoms with Crippen molar-refractivity contribution >= 4 is 23.0 Å². The second-order valence-electron chi connectivity index (χ2n) is 4.20. The average Bonchev–Trinajstić information content (AvgIpc) is 2.73. The van der Waals surface area contributed by atoms with Gasteiger partial charge < -0.3 is 10.4 Å². The molecule has 94 valence electrons. The first-order valence-corrected chi connectivity index (χ1v) is 6.51. The highest BCUT2D eigenvalue weighted by Crippen LogP contribution is 2.20. The van der Waals surface area contributed by atoms with Crippen molar-refractivity contribution in [3.8, 4) is 0 Å². The Morgan fingerprint density at radius 2 is 2.06 bits per heavy atom. The lowest BCUT2D eigenvalue weighted by molar-refractivity contribution is 0.0697. The fourth-order valence-corrected chi connectivity index (χ4v) is 2.59. The summed E-state index contributed by atoms with van der Waals surface area (Å²) in [5, 5.41) is 12.2. The van der Waals surface area contributed by atoms with E-state index in [1.165, 1.54) is 9.75 Å². The molecule has 0 aliphatic carbocycles. The Kier molecular flexibility index (Phi) is 3.67. The standard InChI is InChI=1S/C14H15NO2S/c1-9-7-11(14(16)17)4-6-13(9)15-8-12-5-3-10(2)18-12/h3-7,15H,8H2,1-2H3,(H,16,17). The molecule has 0 bridgehead atoms. The SMILES string of the molecule is Cc1ccc(CNc2ccc(C(=O)O)cc2C)s1. The predicted molar refractivity (Wildman–Crippen MR) is 74.5 cm³/mol. The van der Waals surface area contributed by atoms with E-state index in [1.807, 2.05) is 13.0 Å². The fourth-order valence-electron chi connectivity index (χ4n) is 1.76. The van der Waals surface area contributed by atoms with Gasteiger partial charge in [0, 0.05) is 22.0 Å². The lowest BCUT2D eigenvalue weighted by Crippen LogP contribution is -2.02. The van der Waals surface area contributed by atoms with Gasteiger partial charge in [0.05, 0.1) is 5.56 Å². The topological polar surface area (TPSA) is 49.3 Å². The van der Waals surface area contributed by atoms with Gasteiger partial charge in [-0.15, -0.1) is 11.3 Å². The summed E-state index contributed by atoms with van der Waals surface area (Å²) in [6.07, 6.45) is 0. The second kappa shape index (κ2) is 5.23. The molecule has 1 heterocycles. The number of carbonyl (C=O) groups is 1. The molecular formula is C14H15NO2S. The number of carboxylic acids is 1. The zero-order valence-corrected chi connectivity index (χ0v) is 11.2. The third-order valence-electron chi connectivity index (χ3n) is 2.72. The Balaban J connectivity index is 2.08. The van der Waals surface area contributed by atoms with Crippen LogP contribution in [0.3, 0.4) is 0 Å². The molecule has 0 fully saturated rings. The molecule has 2 rings (SSSR count). The first-order chi connectivity index (χ1) is 8.56. The van der Waals surface area contributed by atoms with Crippen molar-refractivity contribution in [2.24, 2.45) is 0 Å². The summed E-state index contributed by atoms with van der Waals surface area (Å²) in [5.41, 5.74) is 2.25. The number of aromatic carboxylic acids is 1. The van der Waals surface area contributed by atoms with Gasteiger partial charge in [-0.25, -0.2) is 4.79 Å². The van der Waals surface area contributed by atoms with Crippen LogP contribution in [0.4, 0.5) is 5.69 Å². The molecule has 0 saturated heterocycles. The summed E-state index contributed by atoms with van der Waals surface area (Å²) < 4.78 is 0. The van der Waals surface area contributed by atoms with E-state index < -0.39 is 5.97 Å². The van der Waals surface area contributed by atoms with Gasteiger partial charge in [-0.3, -0.25) is 0 Å². The first kappa shape index (κ1) is 12.6. The monoisotopic (exact) mass is 261 g/mol. The van der Waals surface area contributed by atoms with Crippen molar-refractivity contribution in [1.29, 1.82) is 0 Å². The van der Waals surface area contributed by atoms with Gasteiger partial charge in [-0.05, 0) is 49.7 Å². The maximum atomic E-state index is 10.8. The molecular weight excluding hydrogens is 246 g/mol. The van der Waals surface area contributed by atoms with Gasteiger partial charge in [-0.2, -0.15) is 0 Å². The normalized spacial score (nSPS) is 10.3. The van der Waals surface area contributed by atoms with Gasteiger partial charge in [0.25, 0.3) is 0 Å². The maximum absolute atomic E-state index is 10.8. The second-order valence-corrected chi connectivity index (χ2v) is 5.57. The molecule has 1 aromatic carbocycles. The van der Waals surface area contributed by atoms with Crippen LogP contribution in [0.1, 0.15) is 25.7 Å². The van der Waals surface area contributed by atoms with Crippen LogP contribution in [0.2, 0.25) is 0 Å². The van der Waals surface area contributed by atoms with Crippen LogP contribution >= 0.6 is 11.3 Å². The molecule has 1 aromatic heterocycles. The van der Waals surface area contributed by atoms with Gasteiger partial charge in [0.2, 0.25) is 0 Å². The lowest BCUT2D eigenvalue weighted by atomic mass is 10.1. The summed E-state index contributed by atoms with van der Waals surface area (Å²) in [4.78, 5) is 13.4. The van der Waals surface area contributed by atoms with Crippen LogP contribution in [0.25, 0.3) is 0 Å². The molecule has 0 amide bonds. The molecule has 18 heavy (non-hydrogen) atoms. The van der Waals surface area contributed by atoms with E-state index in [4.69, 9.17) is 5.11 Å². The Morgan fingerprint density at radius 3 is 2.61 bits per heavy atom. The van der Waals surface area contributed by atoms with Crippen molar-refractivity contribution in [3.05, 3.63) is 51.2 Å². The van der Waals surface area contributed by atoms with E-state index in [9.17, 15) is 4.79 Å². The summed E-state index contributed by atoms with van der Waals surface area (Å²) in [6, 6.07) is 9.33. The molecule has 4 heteroatoms. The summed E-state index contributed by atoms with van der Waals surface area (Å²) in [5.74, 6) is -0.890. The van der Waals surface area contributed by atoms with Crippen LogP contribution in [0.5, 0.6) is 0 Å². The van der Waals surface area contributed by atoms with Gasteiger partial charge >= 0.3 is 5.97 Å². The van der Waals surface area contributed by atoms with Gasteiger partial charge in [-0.1, -0.05) is 0 Å². The molecule has 0 aliphatic heterocycles. The molecule has 0 spiro atoms. The lowest BCUT2D eigenvalue weighted by Gasteiger charge is -2.09. The van der Waals surface area contributed by atoms with E-state index in [-0.39, 0.29) is 0 Å².